The first-order valence-electron chi connectivity index (χ1n) is 15.6. The van der Waals surface area contributed by atoms with Crippen molar-refractivity contribution in [3.63, 3.8) is 0 Å². The van der Waals surface area contributed by atoms with Crippen LogP contribution in [-0.2, 0) is 32.6 Å². The Kier molecular flexibility index (Phi) is 11.6. The van der Waals surface area contributed by atoms with Crippen LogP contribution in [0.5, 0.6) is 11.5 Å². The van der Waals surface area contributed by atoms with E-state index in [4.69, 9.17) is 9.47 Å². The molecule has 0 aromatic heterocycles. The zero-order chi connectivity index (χ0) is 33.2. The first-order chi connectivity index (χ1) is 22.8. The molecule has 0 fully saturated rings. The third-order valence-electron chi connectivity index (χ3n) is 7.79. The van der Waals surface area contributed by atoms with E-state index in [0.29, 0.717) is 31.3 Å². The molecule has 0 saturated heterocycles. The maximum absolute atomic E-state index is 14.6. The van der Waals surface area contributed by atoms with Crippen LogP contribution >= 0.6 is 15.9 Å². The molecule has 246 valence electrons. The van der Waals surface area contributed by atoms with Crippen LogP contribution in [0.15, 0.2) is 112 Å². The van der Waals surface area contributed by atoms with Gasteiger partial charge in [0.05, 0.1) is 10.6 Å². The van der Waals surface area contributed by atoms with Crippen molar-refractivity contribution in [3.05, 3.63) is 119 Å². The summed E-state index contributed by atoms with van der Waals surface area (Å²) in [7, 11) is -4.23. The summed E-state index contributed by atoms with van der Waals surface area (Å²) in [5, 5.41) is 3.01. The minimum atomic E-state index is -4.23. The van der Waals surface area contributed by atoms with Crippen LogP contribution in [0, 0.1) is 0 Å². The van der Waals surface area contributed by atoms with E-state index in [1.165, 1.54) is 17.0 Å². The molecule has 0 aliphatic carbocycles. The lowest BCUT2D eigenvalue weighted by atomic mass is 10.0. The van der Waals surface area contributed by atoms with Crippen molar-refractivity contribution in [1.29, 1.82) is 0 Å². The van der Waals surface area contributed by atoms with E-state index in [-0.39, 0.29) is 29.5 Å². The zero-order valence-corrected chi connectivity index (χ0v) is 28.6. The minimum absolute atomic E-state index is 0.0280. The molecule has 1 atom stereocenters. The largest absolute Gasteiger partial charge is 0.486 e. The molecule has 0 radical (unpaired) electrons. The molecule has 1 aliphatic rings. The summed E-state index contributed by atoms with van der Waals surface area (Å²) in [5.74, 6) is 0.0452. The smallest absolute Gasteiger partial charge is 0.264 e. The van der Waals surface area contributed by atoms with Crippen molar-refractivity contribution in [1.82, 2.24) is 10.2 Å². The van der Waals surface area contributed by atoms with E-state index in [0.717, 1.165) is 32.7 Å². The number of unbranched alkanes of at least 4 members (excludes halogenated alkanes) is 1. The van der Waals surface area contributed by atoms with Crippen molar-refractivity contribution < 1.29 is 27.5 Å². The summed E-state index contributed by atoms with van der Waals surface area (Å²) < 4.78 is 41.8. The second-order valence-corrected chi connectivity index (χ2v) is 13.9. The monoisotopic (exact) mass is 719 g/mol. The molecule has 1 N–H and O–H groups in total. The van der Waals surface area contributed by atoms with Crippen molar-refractivity contribution in [3.8, 4) is 11.5 Å². The number of anilines is 1. The SMILES string of the molecule is CCCCNC(=O)[C@@H](Cc1ccccc1)N(Cc1ccc(Br)cc1)C(=O)CN(c1ccc2c(c1)OCCO2)S(=O)(=O)c1ccccc1. The van der Waals surface area contributed by atoms with Gasteiger partial charge in [-0.1, -0.05) is 89.9 Å². The summed E-state index contributed by atoms with van der Waals surface area (Å²) in [6.07, 6.45) is 1.93. The minimum Gasteiger partial charge on any atom is -0.486 e. The van der Waals surface area contributed by atoms with Crippen LogP contribution < -0.4 is 19.1 Å². The van der Waals surface area contributed by atoms with Gasteiger partial charge in [-0.25, -0.2) is 8.42 Å². The molecule has 1 aliphatic heterocycles. The van der Waals surface area contributed by atoms with Gasteiger partial charge in [-0.15, -0.1) is 0 Å². The van der Waals surface area contributed by atoms with Crippen LogP contribution in [-0.4, -0.2) is 57.5 Å². The maximum atomic E-state index is 14.6. The number of ether oxygens (including phenoxy) is 2. The number of amides is 2. The fraction of sp³-hybridized carbons (Fsp3) is 0.278. The average molecular weight is 721 g/mol. The molecule has 0 bridgehead atoms. The van der Waals surface area contributed by atoms with Crippen LogP contribution in [0.25, 0.3) is 0 Å². The Hall–Kier alpha value is -4.35. The molecule has 47 heavy (non-hydrogen) atoms. The lowest BCUT2D eigenvalue weighted by Crippen LogP contribution is -2.53. The Balaban J connectivity index is 1.56. The summed E-state index contributed by atoms with van der Waals surface area (Å²) in [6, 6.07) is 28.8. The molecule has 1 heterocycles. The normalized spacial score (nSPS) is 13.0. The highest BCUT2D eigenvalue weighted by molar-refractivity contribution is 9.10. The number of nitrogens with zero attached hydrogens (tertiary/aromatic N) is 2. The van der Waals surface area contributed by atoms with Gasteiger partial charge in [0.25, 0.3) is 10.0 Å². The molecule has 11 heteroatoms. The Morgan fingerprint density at radius 3 is 2.19 bits per heavy atom. The number of rotatable bonds is 14. The standard InChI is InChI=1S/C36H38BrN3O6S/c1-2-3-20-38-36(42)32(23-27-10-6-4-7-11-27)39(25-28-14-16-29(37)17-15-28)35(41)26-40(47(43,44)31-12-8-5-9-13-31)30-18-19-33-34(24-30)46-22-21-45-33/h4-19,24,32H,2-3,20-23,25-26H2,1H3,(H,38,42)/t32-/m1/s1. The highest BCUT2D eigenvalue weighted by Gasteiger charge is 2.35. The Labute approximate surface area is 284 Å². The predicted molar refractivity (Wildman–Crippen MR) is 185 cm³/mol. The van der Waals surface area contributed by atoms with Crippen molar-refractivity contribution >= 4 is 43.5 Å². The molecule has 5 rings (SSSR count). The third kappa shape index (κ3) is 8.72. The number of fused-ring (bicyclic) bond motifs is 1. The van der Waals surface area contributed by atoms with Gasteiger partial charge in [0.15, 0.2) is 11.5 Å². The van der Waals surface area contributed by atoms with Crippen molar-refractivity contribution in [2.75, 3.05) is 30.6 Å². The number of benzene rings is 4. The van der Waals surface area contributed by atoms with E-state index in [9.17, 15) is 18.0 Å². The first kappa shape index (κ1) is 34.0. The second kappa shape index (κ2) is 16.0. The molecule has 4 aromatic carbocycles. The van der Waals surface area contributed by atoms with Gasteiger partial charge >= 0.3 is 0 Å². The van der Waals surface area contributed by atoms with E-state index in [1.54, 1.807) is 36.4 Å². The average Bonchev–Trinajstić information content (AvgIpc) is 3.10. The highest BCUT2D eigenvalue weighted by atomic mass is 79.9. The van der Waals surface area contributed by atoms with Crippen LogP contribution in [0.2, 0.25) is 0 Å². The van der Waals surface area contributed by atoms with Gasteiger partial charge in [-0.2, -0.15) is 0 Å². The van der Waals surface area contributed by atoms with Gasteiger partial charge in [0.2, 0.25) is 11.8 Å². The van der Waals surface area contributed by atoms with Crippen LogP contribution in [0.1, 0.15) is 30.9 Å². The van der Waals surface area contributed by atoms with Gasteiger partial charge < -0.3 is 19.7 Å². The van der Waals surface area contributed by atoms with E-state index < -0.39 is 28.5 Å². The number of hydrogen-bond donors (Lipinski definition) is 1. The maximum Gasteiger partial charge on any atom is 0.264 e. The molecular weight excluding hydrogens is 682 g/mol. The van der Waals surface area contributed by atoms with Gasteiger partial charge in [0.1, 0.15) is 25.8 Å². The first-order valence-corrected chi connectivity index (χ1v) is 17.8. The molecule has 0 unspecified atom stereocenters. The summed E-state index contributed by atoms with van der Waals surface area (Å²) in [6.45, 7) is 2.73. The summed E-state index contributed by atoms with van der Waals surface area (Å²) in [4.78, 5) is 30.0. The van der Waals surface area contributed by atoms with Crippen molar-refractivity contribution in [2.24, 2.45) is 0 Å². The highest BCUT2D eigenvalue weighted by Crippen LogP contribution is 2.36. The molecule has 4 aromatic rings. The molecule has 9 nitrogen and oxygen atoms in total. The van der Waals surface area contributed by atoms with E-state index in [1.807, 2.05) is 61.5 Å². The second-order valence-electron chi connectivity index (χ2n) is 11.2. The lowest BCUT2D eigenvalue weighted by molar-refractivity contribution is -0.140. The summed E-state index contributed by atoms with van der Waals surface area (Å²) >= 11 is 3.46. The number of sulfonamides is 1. The molecular formula is C36H38BrN3O6S. The number of hydrogen-bond acceptors (Lipinski definition) is 6. The van der Waals surface area contributed by atoms with Gasteiger partial charge in [0, 0.05) is 30.0 Å². The van der Waals surface area contributed by atoms with Gasteiger partial charge in [-0.3, -0.25) is 13.9 Å². The van der Waals surface area contributed by atoms with Crippen LogP contribution in [0.3, 0.4) is 0 Å². The number of halogens is 1. The Morgan fingerprint density at radius 2 is 1.51 bits per heavy atom. The number of carbonyl (C=O) groups is 2. The molecule has 0 saturated carbocycles. The van der Waals surface area contributed by atoms with Crippen molar-refractivity contribution in [2.45, 2.75) is 43.7 Å². The quantitative estimate of drug-likeness (QED) is 0.161. The fourth-order valence-electron chi connectivity index (χ4n) is 5.28. The lowest BCUT2D eigenvalue weighted by Gasteiger charge is -2.34. The van der Waals surface area contributed by atoms with E-state index in [2.05, 4.69) is 21.2 Å². The van der Waals surface area contributed by atoms with Crippen LogP contribution in [0.4, 0.5) is 5.69 Å². The zero-order valence-electron chi connectivity index (χ0n) is 26.2. The Morgan fingerprint density at radius 1 is 0.851 bits per heavy atom. The Bertz CT molecular complexity index is 1750. The third-order valence-corrected chi connectivity index (χ3v) is 10.1. The number of nitrogens with one attached hydrogen (secondary N) is 1. The topological polar surface area (TPSA) is 105 Å². The fourth-order valence-corrected chi connectivity index (χ4v) is 6.97. The predicted octanol–water partition coefficient (Wildman–Crippen LogP) is 5.97. The molecule has 0 spiro atoms. The molecule has 2 amide bonds. The van der Waals surface area contributed by atoms with Gasteiger partial charge in [-0.05, 0) is 53.9 Å². The van der Waals surface area contributed by atoms with E-state index >= 15 is 0 Å². The number of carbonyl (C=O) groups excluding carboxylic acids is 2. The summed E-state index contributed by atoms with van der Waals surface area (Å²) in [5.41, 5.74) is 1.90.